The van der Waals surface area contributed by atoms with E-state index in [0.29, 0.717) is 5.56 Å². The molecule has 0 spiro atoms. The average Bonchev–Trinajstić information content (AvgIpc) is 2.63. The molecule has 0 aliphatic carbocycles. The highest BCUT2D eigenvalue weighted by Crippen LogP contribution is 2.12. The number of nitro benzene ring substituents is 1. The van der Waals surface area contributed by atoms with Gasteiger partial charge in [0.05, 0.1) is 11.3 Å². The van der Waals surface area contributed by atoms with Crippen LogP contribution in [0.25, 0.3) is 0 Å². The number of nitro groups is 1. The topological polar surface area (TPSA) is 143 Å². The molecular weight excluding hydrogens is 360 g/mol. The molecule has 11 nitrogen and oxygen atoms in total. The maximum absolute atomic E-state index is 11.9. The molecule has 2 aromatic rings. The van der Waals surface area contributed by atoms with Gasteiger partial charge in [-0.15, -0.1) is 0 Å². The highest BCUT2D eigenvalue weighted by atomic mass is 16.6. The summed E-state index contributed by atoms with van der Waals surface area (Å²) in [6.45, 7) is -0.616. The van der Waals surface area contributed by atoms with Gasteiger partial charge < -0.3 is 10.1 Å². The Labute approximate surface area is 151 Å². The van der Waals surface area contributed by atoms with E-state index in [0.717, 1.165) is 15.2 Å². The summed E-state index contributed by atoms with van der Waals surface area (Å²) in [5.41, 5.74) is -0.831. The van der Waals surface area contributed by atoms with E-state index in [9.17, 15) is 29.3 Å². The standard InChI is InChI=1S/C16H16N4O7/c1-18-12(8-14(22)19(2)16(18)24)17-13(21)9-27-15(23)7-10-3-5-11(6-4-10)20(25)26/h3-6,8H,7,9H2,1-2H3,(H,17,21). The van der Waals surface area contributed by atoms with Crippen molar-refractivity contribution in [2.45, 2.75) is 6.42 Å². The molecule has 27 heavy (non-hydrogen) atoms. The maximum Gasteiger partial charge on any atom is 0.332 e. The second-order valence-corrected chi connectivity index (χ2v) is 5.58. The van der Waals surface area contributed by atoms with E-state index in [1.807, 2.05) is 0 Å². The van der Waals surface area contributed by atoms with Crippen molar-refractivity contribution in [3.63, 3.8) is 0 Å². The van der Waals surface area contributed by atoms with Gasteiger partial charge >= 0.3 is 11.7 Å². The number of carbonyl (C=O) groups excluding carboxylic acids is 2. The SMILES string of the molecule is Cn1c(NC(=O)COC(=O)Cc2ccc([N+](=O)[O-])cc2)cc(=O)n(C)c1=O. The molecule has 0 radical (unpaired) electrons. The Hall–Kier alpha value is -3.76. The lowest BCUT2D eigenvalue weighted by atomic mass is 10.1. The predicted octanol–water partition coefficient (Wildman–Crippen LogP) is -0.283. The van der Waals surface area contributed by atoms with E-state index in [4.69, 9.17) is 4.74 Å². The molecule has 0 bridgehead atoms. The number of hydrogen-bond donors (Lipinski definition) is 1. The van der Waals surface area contributed by atoms with Gasteiger partial charge in [0, 0.05) is 32.3 Å². The molecule has 1 amide bonds. The number of benzene rings is 1. The molecule has 1 aromatic heterocycles. The number of ether oxygens (including phenoxy) is 1. The van der Waals surface area contributed by atoms with Crippen molar-refractivity contribution in [1.29, 1.82) is 0 Å². The van der Waals surface area contributed by atoms with Gasteiger partial charge in [-0.3, -0.25) is 33.6 Å². The first kappa shape index (κ1) is 19.6. The van der Waals surface area contributed by atoms with Crippen molar-refractivity contribution in [3.8, 4) is 0 Å². The number of rotatable bonds is 6. The van der Waals surface area contributed by atoms with Gasteiger partial charge in [-0.25, -0.2) is 4.79 Å². The molecule has 1 heterocycles. The Morgan fingerprint density at radius 1 is 1.15 bits per heavy atom. The van der Waals surface area contributed by atoms with E-state index in [-0.39, 0.29) is 17.9 Å². The van der Waals surface area contributed by atoms with E-state index in [2.05, 4.69) is 5.32 Å². The van der Waals surface area contributed by atoms with Gasteiger partial charge in [-0.05, 0) is 5.56 Å². The quantitative estimate of drug-likeness (QED) is 0.415. The van der Waals surface area contributed by atoms with E-state index in [1.54, 1.807) is 0 Å². The first-order valence-corrected chi connectivity index (χ1v) is 7.65. The summed E-state index contributed by atoms with van der Waals surface area (Å²) in [6.07, 6.45) is -0.171. The fraction of sp³-hybridized carbons (Fsp3) is 0.250. The predicted molar refractivity (Wildman–Crippen MR) is 93.3 cm³/mol. The third-order valence-corrected chi connectivity index (χ3v) is 3.65. The number of nitrogens with zero attached hydrogens (tertiary/aromatic N) is 3. The molecule has 0 fully saturated rings. The molecule has 0 aliphatic heterocycles. The van der Waals surface area contributed by atoms with Crippen LogP contribution in [0.3, 0.4) is 0 Å². The van der Waals surface area contributed by atoms with E-state index >= 15 is 0 Å². The summed E-state index contributed by atoms with van der Waals surface area (Å²) in [7, 11) is 2.67. The van der Waals surface area contributed by atoms with Gasteiger partial charge in [0.1, 0.15) is 5.82 Å². The molecule has 1 aromatic carbocycles. The summed E-state index contributed by atoms with van der Waals surface area (Å²) in [4.78, 5) is 57.0. The van der Waals surface area contributed by atoms with Crippen molar-refractivity contribution in [2.75, 3.05) is 11.9 Å². The monoisotopic (exact) mass is 376 g/mol. The highest BCUT2D eigenvalue weighted by molar-refractivity contribution is 5.92. The molecule has 142 valence electrons. The second-order valence-electron chi connectivity index (χ2n) is 5.58. The van der Waals surface area contributed by atoms with Crippen LogP contribution in [0.1, 0.15) is 5.56 Å². The zero-order chi connectivity index (χ0) is 20.1. The zero-order valence-corrected chi connectivity index (χ0v) is 14.5. The van der Waals surface area contributed by atoms with Crippen molar-refractivity contribution in [1.82, 2.24) is 9.13 Å². The summed E-state index contributed by atoms with van der Waals surface area (Å²) < 4.78 is 6.77. The Morgan fingerprint density at radius 3 is 2.37 bits per heavy atom. The van der Waals surface area contributed by atoms with Crippen molar-refractivity contribution < 1.29 is 19.2 Å². The van der Waals surface area contributed by atoms with Crippen LogP contribution in [0.4, 0.5) is 11.5 Å². The van der Waals surface area contributed by atoms with Gasteiger partial charge in [0.2, 0.25) is 0 Å². The number of anilines is 1. The lowest BCUT2D eigenvalue weighted by Gasteiger charge is -2.11. The van der Waals surface area contributed by atoms with Crippen LogP contribution in [-0.4, -0.2) is 32.5 Å². The van der Waals surface area contributed by atoms with Crippen LogP contribution in [0.2, 0.25) is 0 Å². The molecule has 0 atom stereocenters. The molecular formula is C16H16N4O7. The van der Waals surface area contributed by atoms with Gasteiger partial charge in [0.25, 0.3) is 17.2 Å². The number of aromatic nitrogens is 2. The number of esters is 1. The lowest BCUT2D eigenvalue weighted by Crippen LogP contribution is -2.38. The first-order chi connectivity index (χ1) is 12.7. The molecule has 0 saturated carbocycles. The largest absolute Gasteiger partial charge is 0.455 e. The third kappa shape index (κ3) is 4.87. The molecule has 0 aliphatic rings. The summed E-state index contributed by atoms with van der Waals surface area (Å²) in [5, 5.41) is 12.9. The highest BCUT2D eigenvalue weighted by Gasteiger charge is 2.13. The third-order valence-electron chi connectivity index (χ3n) is 3.65. The fourth-order valence-electron chi connectivity index (χ4n) is 2.13. The smallest absolute Gasteiger partial charge is 0.332 e. The first-order valence-electron chi connectivity index (χ1n) is 7.65. The average molecular weight is 376 g/mol. The van der Waals surface area contributed by atoms with Crippen molar-refractivity contribution in [3.05, 3.63) is 66.8 Å². The number of carbonyl (C=O) groups is 2. The van der Waals surface area contributed by atoms with Crippen LogP contribution >= 0.6 is 0 Å². The van der Waals surface area contributed by atoms with Gasteiger partial charge in [0.15, 0.2) is 6.61 Å². The molecule has 11 heteroatoms. The summed E-state index contributed by atoms with van der Waals surface area (Å²) in [5.74, 6) is -1.47. The Balaban J connectivity index is 1.92. The lowest BCUT2D eigenvalue weighted by molar-refractivity contribution is -0.384. The van der Waals surface area contributed by atoms with Crippen molar-refractivity contribution >= 4 is 23.4 Å². The van der Waals surface area contributed by atoms with Gasteiger partial charge in [-0.1, -0.05) is 12.1 Å². The normalized spacial score (nSPS) is 10.3. The van der Waals surface area contributed by atoms with Crippen LogP contribution in [-0.2, 0) is 34.8 Å². The Morgan fingerprint density at radius 2 is 1.78 bits per heavy atom. The molecule has 0 unspecified atom stereocenters. The van der Waals surface area contributed by atoms with E-state index in [1.165, 1.54) is 38.4 Å². The molecule has 2 rings (SSSR count). The van der Waals surface area contributed by atoms with Crippen LogP contribution < -0.4 is 16.6 Å². The molecule has 0 saturated heterocycles. The number of hydrogen-bond acceptors (Lipinski definition) is 7. The minimum Gasteiger partial charge on any atom is -0.455 e. The van der Waals surface area contributed by atoms with Crippen LogP contribution in [0, 0.1) is 10.1 Å². The van der Waals surface area contributed by atoms with Gasteiger partial charge in [-0.2, -0.15) is 0 Å². The number of amides is 1. The number of nitrogens with one attached hydrogen (secondary N) is 1. The van der Waals surface area contributed by atoms with Crippen LogP contribution in [0.15, 0.2) is 39.9 Å². The summed E-state index contributed by atoms with van der Waals surface area (Å²) in [6, 6.07) is 6.40. The second kappa shape index (κ2) is 8.08. The number of non-ortho nitro benzene ring substituents is 1. The van der Waals surface area contributed by atoms with Crippen molar-refractivity contribution in [2.24, 2.45) is 14.1 Å². The summed E-state index contributed by atoms with van der Waals surface area (Å²) >= 11 is 0. The fourth-order valence-corrected chi connectivity index (χ4v) is 2.13. The maximum atomic E-state index is 11.9. The Kier molecular flexibility index (Phi) is 5.85. The molecule has 1 N–H and O–H groups in total. The van der Waals surface area contributed by atoms with E-state index < -0.39 is 34.7 Å². The minimum atomic E-state index is -0.727. The minimum absolute atomic E-state index is 0.0282. The zero-order valence-electron chi connectivity index (χ0n) is 14.5. The Bertz CT molecular complexity index is 1000. The van der Waals surface area contributed by atoms with Crippen LogP contribution in [0.5, 0.6) is 0 Å².